The summed E-state index contributed by atoms with van der Waals surface area (Å²) < 4.78 is 44.7. The third-order valence-electron chi connectivity index (χ3n) is 6.84. The fourth-order valence-corrected chi connectivity index (χ4v) is 5.07. The minimum absolute atomic E-state index is 0.0843. The average Bonchev–Trinajstić information content (AvgIpc) is 3.28. The van der Waals surface area contributed by atoms with Crippen LogP contribution in [0.1, 0.15) is 61.0 Å². The number of piperazine rings is 1. The largest absolute Gasteiger partial charge is 0.469 e. The molecule has 2 aromatic heterocycles. The Morgan fingerprint density at radius 2 is 1.86 bits per heavy atom. The standard InChI is InChI=1S/C27H32F3N4OP/c1-16(2)24-23(19-5-7-21(8-6-19)27(28,29)30)13-20(15-36)26(32-24)33-10-11-34(17(3)14-33)25(31)22-9-12-35-18(22)4/h5-9,12-13,15-17,25,36H,10-11,14,31H2,1-4H3. The number of benzene rings is 1. The Balaban J connectivity index is 1.64. The minimum Gasteiger partial charge on any atom is -0.469 e. The second-order valence-electron chi connectivity index (χ2n) is 9.62. The molecule has 1 aliphatic rings. The van der Waals surface area contributed by atoms with Gasteiger partial charge in [-0.3, -0.25) is 4.90 Å². The van der Waals surface area contributed by atoms with E-state index in [4.69, 9.17) is 15.1 Å². The first-order valence-corrected chi connectivity index (χ1v) is 12.6. The summed E-state index contributed by atoms with van der Waals surface area (Å²) in [7, 11) is 3.54. The van der Waals surface area contributed by atoms with Gasteiger partial charge < -0.3 is 15.1 Å². The molecule has 5 nitrogen and oxygen atoms in total. The number of halogens is 3. The maximum atomic E-state index is 13.1. The van der Waals surface area contributed by atoms with E-state index in [9.17, 15) is 13.2 Å². The lowest BCUT2D eigenvalue weighted by Crippen LogP contribution is -2.55. The van der Waals surface area contributed by atoms with Gasteiger partial charge in [0, 0.05) is 42.4 Å². The lowest BCUT2D eigenvalue weighted by atomic mass is 9.95. The van der Waals surface area contributed by atoms with Crippen LogP contribution in [-0.2, 0) is 6.18 Å². The van der Waals surface area contributed by atoms with Crippen molar-refractivity contribution in [2.75, 3.05) is 24.5 Å². The predicted molar refractivity (Wildman–Crippen MR) is 141 cm³/mol. The molecule has 36 heavy (non-hydrogen) atoms. The number of anilines is 1. The van der Waals surface area contributed by atoms with Gasteiger partial charge in [-0.1, -0.05) is 26.0 Å². The second kappa shape index (κ2) is 10.4. The van der Waals surface area contributed by atoms with Crippen molar-refractivity contribution >= 4 is 20.5 Å². The molecule has 0 radical (unpaired) electrons. The van der Waals surface area contributed by atoms with E-state index in [-0.39, 0.29) is 18.1 Å². The van der Waals surface area contributed by atoms with Gasteiger partial charge in [0.2, 0.25) is 0 Å². The van der Waals surface area contributed by atoms with Gasteiger partial charge in [-0.15, -0.1) is 8.86 Å². The van der Waals surface area contributed by atoms with E-state index in [0.717, 1.165) is 65.7 Å². The van der Waals surface area contributed by atoms with E-state index in [1.54, 1.807) is 6.26 Å². The van der Waals surface area contributed by atoms with Crippen LogP contribution in [0, 0.1) is 6.92 Å². The Kier molecular flexibility index (Phi) is 7.60. The molecule has 0 aliphatic carbocycles. The van der Waals surface area contributed by atoms with Gasteiger partial charge >= 0.3 is 6.18 Å². The molecule has 192 valence electrons. The molecule has 9 heteroatoms. The van der Waals surface area contributed by atoms with Crippen LogP contribution in [0.3, 0.4) is 0 Å². The predicted octanol–water partition coefficient (Wildman–Crippen LogP) is 6.25. The molecular formula is C27H32F3N4OP. The van der Waals surface area contributed by atoms with Crippen LogP contribution in [0.25, 0.3) is 11.1 Å². The summed E-state index contributed by atoms with van der Waals surface area (Å²) in [5, 5.41) is 0. The normalized spacial score (nSPS) is 18.0. The molecule has 4 rings (SSSR count). The van der Waals surface area contributed by atoms with Crippen LogP contribution in [0.4, 0.5) is 19.0 Å². The summed E-state index contributed by atoms with van der Waals surface area (Å²) in [6.45, 7) is 10.4. The van der Waals surface area contributed by atoms with Crippen LogP contribution < -0.4 is 10.6 Å². The number of hydrogen-bond donors (Lipinski definition) is 1. The molecule has 0 saturated carbocycles. The van der Waals surface area contributed by atoms with Gasteiger partial charge in [0.1, 0.15) is 11.6 Å². The van der Waals surface area contributed by atoms with E-state index in [0.29, 0.717) is 5.56 Å². The van der Waals surface area contributed by atoms with Gasteiger partial charge in [-0.25, -0.2) is 4.98 Å². The SMILES string of the molecule is Cc1occc1C(N)N1CCN(c2nc(C(C)C)c(-c3ccc(C(F)(F)F)cc3)cc2C=P)CC1C. The molecule has 1 fully saturated rings. The third kappa shape index (κ3) is 5.22. The fourth-order valence-electron chi connectivity index (χ4n) is 4.86. The molecule has 3 aromatic rings. The lowest BCUT2D eigenvalue weighted by molar-refractivity contribution is -0.137. The summed E-state index contributed by atoms with van der Waals surface area (Å²) in [4.78, 5) is 9.58. The van der Waals surface area contributed by atoms with Crippen molar-refractivity contribution in [3.63, 3.8) is 0 Å². The Labute approximate surface area is 212 Å². The first-order valence-electron chi connectivity index (χ1n) is 12.0. The van der Waals surface area contributed by atoms with E-state index < -0.39 is 11.7 Å². The molecule has 1 saturated heterocycles. The van der Waals surface area contributed by atoms with Crippen LogP contribution in [-0.4, -0.2) is 41.4 Å². The maximum absolute atomic E-state index is 13.1. The number of nitrogens with zero attached hydrogens (tertiary/aromatic N) is 3. The summed E-state index contributed by atoms with van der Waals surface area (Å²) in [5.41, 5.74) is 10.2. The van der Waals surface area contributed by atoms with E-state index >= 15 is 0 Å². The molecule has 0 spiro atoms. The van der Waals surface area contributed by atoms with Crippen LogP contribution in [0.2, 0.25) is 0 Å². The number of pyridine rings is 1. The number of hydrogen-bond acceptors (Lipinski definition) is 5. The Morgan fingerprint density at radius 3 is 2.39 bits per heavy atom. The number of alkyl halides is 3. The van der Waals surface area contributed by atoms with Crippen molar-refractivity contribution in [3.05, 3.63) is 70.8 Å². The van der Waals surface area contributed by atoms with Crippen LogP contribution in [0.5, 0.6) is 0 Å². The van der Waals surface area contributed by atoms with Crippen LogP contribution in [0.15, 0.2) is 47.1 Å². The van der Waals surface area contributed by atoms with Crippen molar-refractivity contribution in [2.45, 2.75) is 52.0 Å². The fraction of sp³-hybridized carbons (Fsp3) is 0.407. The number of furan rings is 1. The molecular weight excluding hydrogens is 484 g/mol. The topological polar surface area (TPSA) is 58.5 Å². The monoisotopic (exact) mass is 516 g/mol. The van der Waals surface area contributed by atoms with Crippen molar-refractivity contribution in [3.8, 4) is 11.1 Å². The quantitative estimate of drug-likeness (QED) is 0.393. The summed E-state index contributed by atoms with van der Waals surface area (Å²) >= 11 is 0. The maximum Gasteiger partial charge on any atom is 0.416 e. The average molecular weight is 517 g/mol. The highest BCUT2D eigenvalue weighted by Crippen LogP contribution is 2.36. The van der Waals surface area contributed by atoms with Gasteiger partial charge in [-0.2, -0.15) is 13.2 Å². The van der Waals surface area contributed by atoms with Crippen molar-refractivity contribution < 1.29 is 17.6 Å². The molecule has 3 heterocycles. The molecule has 1 aliphatic heterocycles. The number of rotatable bonds is 6. The molecule has 1 aromatic carbocycles. The van der Waals surface area contributed by atoms with Crippen molar-refractivity contribution in [2.24, 2.45) is 5.73 Å². The number of nitrogens with two attached hydrogens (primary N) is 1. The smallest absolute Gasteiger partial charge is 0.416 e. The summed E-state index contributed by atoms with van der Waals surface area (Å²) in [5.74, 6) is 3.58. The summed E-state index contributed by atoms with van der Waals surface area (Å²) in [6, 6.07) is 9.38. The third-order valence-corrected chi connectivity index (χ3v) is 7.15. The van der Waals surface area contributed by atoms with Gasteiger partial charge in [-0.05, 0) is 55.4 Å². The van der Waals surface area contributed by atoms with Gasteiger partial charge in [0.25, 0.3) is 0 Å². The molecule has 2 N–H and O–H groups in total. The van der Waals surface area contributed by atoms with E-state index in [2.05, 4.69) is 25.6 Å². The molecule has 0 amide bonds. The molecule has 2 unspecified atom stereocenters. The zero-order valence-electron chi connectivity index (χ0n) is 20.9. The zero-order chi connectivity index (χ0) is 26.2. The Morgan fingerprint density at radius 1 is 1.17 bits per heavy atom. The number of aryl methyl sites for hydroxylation is 1. The molecule has 0 bridgehead atoms. The Bertz CT molecular complexity index is 1220. The zero-order valence-corrected chi connectivity index (χ0v) is 21.9. The van der Waals surface area contributed by atoms with Crippen LogP contribution >= 0.6 is 8.86 Å². The highest BCUT2D eigenvalue weighted by atomic mass is 31.0. The van der Waals surface area contributed by atoms with E-state index in [1.807, 2.05) is 38.7 Å². The molecule has 2 atom stereocenters. The minimum atomic E-state index is -4.37. The highest BCUT2D eigenvalue weighted by Gasteiger charge is 2.32. The van der Waals surface area contributed by atoms with Crippen molar-refractivity contribution in [1.82, 2.24) is 9.88 Å². The lowest BCUT2D eigenvalue weighted by Gasteiger charge is -2.43. The first kappa shape index (κ1) is 26.4. The first-order chi connectivity index (χ1) is 17.0. The Hall–Kier alpha value is -2.67. The van der Waals surface area contributed by atoms with Gasteiger partial charge in [0.15, 0.2) is 0 Å². The van der Waals surface area contributed by atoms with E-state index in [1.165, 1.54) is 12.1 Å². The van der Waals surface area contributed by atoms with Gasteiger partial charge in [0.05, 0.1) is 23.7 Å². The van der Waals surface area contributed by atoms with Crippen molar-refractivity contribution in [1.29, 1.82) is 0 Å². The number of aromatic nitrogens is 1. The highest BCUT2D eigenvalue weighted by molar-refractivity contribution is 7.19. The second-order valence-corrected chi connectivity index (χ2v) is 9.91. The summed E-state index contributed by atoms with van der Waals surface area (Å²) in [6.07, 6.45) is -2.95.